The van der Waals surface area contributed by atoms with E-state index in [1.54, 1.807) is 0 Å². The first kappa shape index (κ1) is 8.21. The van der Waals surface area contributed by atoms with Crippen LogP contribution in [0.1, 0.15) is 13.8 Å². The van der Waals surface area contributed by atoms with Gasteiger partial charge in [0.05, 0.1) is 0 Å². The molecule has 0 heterocycles. The Kier molecular flexibility index (Phi) is 2.99. The van der Waals surface area contributed by atoms with Crippen molar-refractivity contribution < 1.29 is 0 Å². The van der Waals surface area contributed by atoms with Gasteiger partial charge < -0.3 is 10.7 Å². The number of rotatable bonds is 3. The summed E-state index contributed by atoms with van der Waals surface area (Å²) in [5.41, 5.74) is -0.108. The van der Waals surface area contributed by atoms with Crippen molar-refractivity contribution in [1.82, 2.24) is 5.32 Å². The molecule has 0 aromatic heterocycles. The first-order valence-electron chi connectivity index (χ1n) is 2.99. The van der Waals surface area contributed by atoms with Crippen molar-refractivity contribution in [2.45, 2.75) is 13.8 Å². The van der Waals surface area contributed by atoms with Crippen LogP contribution in [0.4, 0.5) is 0 Å². The fourth-order valence-electron chi connectivity index (χ4n) is 0.346. The summed E-state index contributed by atoms with van der Waals surface area (Å²) in [6, 6.07) is 0. The minimum Gasteiger partial charge on any atom is -0.394 e. The zero-order chi connectivity index (χ0) is 7.33. The van der Waals surface area contributed by atoms with Crippen molar-refractivity contribution in [3.05, 3.63) is 12.3 Å². The minimum absolute atomic E-state index is 0.108. The molecule has 0 aromatic carbocycles. The molecule has 0 atom stereocenters. The summed E-state index contributed by atoms with van der Waals surface area (Å²) in [7, 11) is 1.84. The maximum absolute atomic E-state index is 6.98. The topological polar surface area (TPSA) is 35.9 Å². The van der Waals surface area contributed by atoms with Crippen molar-refractivity contribution in [3.8, 4) is 0 Å². The summed E-state index contributed by atoms with van der Waals surface area (Å²) in [4.78, 5) is 0. The Bertz CT molecular complexity index is 114. The van der Waals surface area contributed by atoms with Crippen LogP contribution in [0.25, 0.3) is 0 Å². The molecule has 0 rings (SSSR count). The molecule has 0 fully saturated rings. The highest BCUT2D eigenvalue weighted by Gasteiger charge is 2.07. The van der Waals surface area contributed by atoms with E-state index in [0.717, 1.165) is 0 Å². The van der Waals surface area contributed by atoms with Gasteiger partial charge in [-0.05, 0) is 6.20 Å². The highest BCUT2D eigenvalue weighted by atomic mass is 14.8. The van der Waals surface area contributed by atoms with Crippen LogP contribution in [0.5, 0.6) is 0 Å². The summed E-state index contributed by atoms with van der Waals surface area (Å²) in [6.07, 6.45) is 5.20. The van der Waals surface area contributed by atoms with Gasteiger partial charge in [-0.15, -0.1) is 0 Å². The third-order valence-electron chi connectivity index (χ3n) is 1.05. The van der Waals surface area contributed by atoms with Crippen molar-refractivity contribution in [1.29, 1.82) is 5.41 Å². The molecule has 0 spiro atoms. The van der Waals surface area contributed by atoms with Crippen molar-refractivity contribution in [2.75, 3.05) is 7.05 Å². The summed E-state index contributed by atoms with van der Waals surface area (Å²) >= 11 is 0. The Labute approximate surface area is 56.5 Å². The van der Waals surface area contributed by atoms with Crippen molar-refractivity contribution in [2.24, 2.45) is 5.41 Å². The quantitative estimate of drug-likeness (QED) is 0.551. The molecule has 0 saturated heterocycles. The van der Waals surface area contributed by atoms with E-state index in [-0.39, 0.29) is 5.41 Å². The van der Waals surface area contributed by atoms with Gasteiger partial charge in [-0.25, -0.2) is 0 Å². The van der Waals surface area contributed by atoms with E-state index in [2.05, 4.69) is 5.32 Å². The van der Waals surface area contributed by atoms with Crippen LogP contribution >= 0.6 is 0 Å². The van der Waals surface area contributed by atoms with Gasteiger partial charge in [0.25, 0.3) is 0 Å². The monoisotopic (exact) mass is 126 g/mol. The fraction of sp³-hybridized carbons (Fsp3) is 0.571. The summed E-state index contributed by atoms with van der Waals surface area (Å²) in [5, 5.41) is 9.85. The van der Waals surface area contributed by atoms with Crippen LogP contribution in [0.3, 0.4) is 0 Å². The van der Waals surface area contributed by atoms with E-state index in [4.69, 9.17) is 5.41 Å². The Balaban J connectivity index is 3.84. The SMILES string of the molecule is CN/C=C\C(C)(C)C=N. The molecule has 0 aromatic rings. The van der Waals surface area contributed by atoms with Crippen LogP contribution in [-0.2, 0) is 0 Å². The standard InChI is InChI=1S/C7H14N2/c1-7(2,6-8)4-5-9-3/h4-6,8-9H,1-3H3/b5-4-,8-6?. The molecule has 2 heteroatoms. The highest BCUT2D eigenvalue weighted by molar-refractivity contribution is 5.63. The third kappa shape index (κ3) is 3.76. The summed E-state index contributed by atoms with van der Waals surface area (Å²) in [5.74, 6) is 0. The van der Waals surface area contributed by atoms with Crippen LogP contribution in [0.15, 0.2) is 12.3 Å². The number of hydrogen-bond donors (Lipinski definition) is 2. The first-order valence-corrected chi connectivity index (χ1v) is 2.99. The molecule has 0 amide bonds. The molecule has 0 aliphatic carbocycles. The van der Waals surface area contributed by atoms with Gasteiger partial charge in [0.2, 0.25) is 0 Å². The van der Waals surface area contributed by atoms with E-state index < -0.39 is 0 Å². The maximum Gasteiger partial charge on any atom is 0.0189 e. The normalized spacial score (nSPS) is 11.9. The average Bonchev–Trinajstić information content (AvgIpc) is 1.84. The molecule has 0 aliphatic rings. The largest absolute Gasteiger partial charge is 0.394 e. The lowest BCUT2D eigenvalue weighted by molar-refractivity contribution is 0.685. The molecule has 0 unspecified atom stereocenters. The smallest absolute Gasteiger partial charge is 0.0189 e. The van der Waals surface area contributed by atoms with Crippen LogP contribution in [0, 0.1) is 10.8 Å². The van der Waals surface area contributed by atoms with Gasteiger partial charge in [-0.1, -0.05) is 19.9 Å². The zero-order valence-electron chi connectivity index (χ0n) is 6.23. The van der Waals surface area contributed by atoms with E-state index in [1.807, 2.05) is 33.2 Å². The Hall–Kier alpha value is -0.790. The first-order chi connectivity index (χ1) is 4.12. The maximum atomic E-state index is 6.98. The van der Waals surface area contributed by atoms with E-state index in [0.29, 0.717) is 0 Å². The molecular weight excluding hydrogens is 112 g/mol. The number of allylic oxidation sites excluding steroid dienone is 1. The fourth-order valence-corrected chi connectivity index (χ4v) is 0.346. The van der Waals surface area contributed by atoms with E-state index >= 15 is 0 Å². The number of hydrogen-bond acceptors (Lipinski definition) is 2. The summed E-state index contributed by atoms with van der Waals surface area (Å²) in [6.45, 7) is 3.96. The van der Waals surface area contributed by atoms with Crippen LogP contribution < -0.4 is 5.32 Å². The minimum atomic E-state index is -0.108. The van der Waals surface area contributed by atoms with Crippen molar-refractivity contribution in [3.63, 3.8) is 0 Å². The predicted octanol–water partition coefficient (Wildman–Crippen LogP) is 1.40. The molecule has 9 heavy (non-hydrogen) atoms. The molecule has 52 valence electrons. The van der Waals surface area contributed by atoms with Crippen molar-refractivity contribution >= 4 is 6.21 Å². The lowest BCUT2D eigenvalue weighted by Crippen LogP contribution is -2.09. The third-order valence-corrected chi connectivity index (χ3v) is 1.05. The second-order valence-corrected chi connectivity index (χ2v) is 2.59. The van der Waals surface area contributed by atoms with Gasteiger partial charge >= 0.3 is 0 Å². The summed E-state index contributed by atoms with van der Waals surface area (Å²) < 4.78 is 0. The van der Waals surface area contributed by atoms with E-state index in [1.165, 1.54) is 6.21 Å². The lowest BCUT2D eigenvalue weighted by atomic mass is 9.96. The van der Waals surface area contributed by atoms with Gasteiger partial charge in [0, 0.05) is 18.7 Å². The molecule has 0 bridgehead atoms. The second kappa shape index (κ2) is 3.28. The van der Waals surface area contributed by atoms with Crippen LogP contribution in [-0.4, -0.2) is 13.3 Å². The lowest BCUT2D eigenvalue weighted by Gasteiger charge is -2.10. The molecule has 0 saturated carbocycles. The Morgan fingerprint density at radius 1 is 1.44 bits per heavy atom. The molecular formula is C7H14N2. The predicted molar refractivity (Wildman–Crippen MR) is 40.8 cm³/mol. The van der Waals surface area contributed by atoms with Gasteiger partial charge in [0.1, 0.15) is 0 Å². The van der Waals surface area contributed by atoms with Gasteiger partial charge in [0.15, 0.2) is 0 Å². The van der Waals surface area contributed by atoms with Crippen LogP contribution in [0.2, 0.25) is 0 Å². The average molecular weight is 126 g/mol. The Morgan fingerprint density at radius 3 is 2.33 bits per heavy atom. The van der Waals surface area contributed by atoms with Gasteiger partial charge in [-0.3, -0.25) is 0 Å². The molecule has 2 nitrogen and oxygen atoms in total. The Morgan fingerprint density at radius 2 is 2.00 bits per heavy atom. The zero-order valence-corrected chi connectivity index (χ0v) is 6.23. The molecule has 0 aliphatic heterocycles. The number of nitrogens with one attached hydrogen (secondary N) is 2. The molecule has 2 N–H and O–H groups in total. The second-order valence-electron chi connectivity index (χ2n) is 2.59. The van der Waals surface area contributed by atoms with Gasteiger partial charge in [-0.2, -0.15) is 0 Å². The molecule has 0 radical (unpaired) electrons. The highest BCUT2D eigenvalue weighted by Crippen LogP contribution is 2.11. The van der Waals surface area contributed by atoms with E-state index in [9.17, 15) is 0 Å².